The lowest BCUT2D eigenvalue weighted by molar-refractivity contribution is 0.0949. The molecule has 1 aromatic heterocycles. The Morgan fingerprint density at radius 2 is 2.26 bits per heavy atom. The minimum atomic E-state index is -0.250. The number of nitrogens with one attached hydrogen (secondary N) is 1. The third-order valence-corrected chi connectivity index (χ3v) is 2.84. The Balaban J connectivity index is 2.05. The fourth-order valence-electron chi connectivity index (χ4n) is 1.68. The Hall–Kier alpha value is -2.08. The Kier molecular flexibility index (Phi) is 4.01. The molecule has 0 atom stereocenters. The van der Waals surface area contributed by atoms with Crippen LogP contribution in [0.1, 0.15) is 23.1 Å². The Bertz CT molecular complexity index is 575. The van der Waals surface area contributed by atoms with Crippen molar-refractivity contribution >= 4 is 23.2 Å². The normalized spacial score (nSPS) is 10.4. The van der Waals surface area contributed by atoms with E-state index >= 15 is 0 Å². The van der Waals surface area contributed by atoms with Crippen LogP contribution >= 0.6 is 11.6 Å². The second-order valence-corrected chi connectivity index (χ2v) is 4.43. The van der Waals surface area contributed by atoms with Crippen LogP contribution in [0.5, 0.6) is 0 Å². The van der Waals surface area contributed by atoms with Gasteiger partial charge in [0.2, 0.25) is 0 Å². The summed E-state index contributed by atoms with van der Waals surface area (Å²) in [7, 11) is 0. The number of amides is 1. The zero-order valence-electron chi connectivity index (χ0n) is 10.4. The summed E-state index contributed by atoms with van der Waals surface area (Å²) in [5, 5.41) is 10.9. The molecule has 100 valence electrons. The molecule has 7 heteroatoms. The molecule has 1 amide bonds. The van der Waals surface area contributed by atoms with Gasteiger partial charge in [0.1, 0.15) is 6.33 Å². The standard InChI is InChI=1S/C12H14ClN5O/c1-2-18-7-16-17-11(18)6-15-12(19)8-3-9(13)5-10(14)4-8/h3-5,7H,2,6,14H2,1H3,(H,15,19). The molecule has 0 aliphatic carbocycles. The first-order valence-electron chi connectivity index (χ1n) is 5.81. The molecule has 0 saturated heterocycles. The maximum Gasteiger partial charge on any atom is 0.251 e. The fraction of sp³-hybridized carbons (Fsp3) is 0.250. The molecule has 19 heavy (non-hydrogen) atoms. The number of carbonyl (C=O) groups is 1. The minimum Gasteiger partial charge on any atom is -0.399 e. The van der Waals surface area contributed by atoms with Crippen LogP contribution in [0.15, 0.2) is 24.5 Å². The van der Waals surface area contributed by atoms with Gasteiger partial charge >= 0.3 is 0 Å². The van der Waals surface area contributed by atoms with Crippen molar-refractivity contribution in [3.63, 3.8) is 0 Å². The molecule has 0 aliphatic heterocycles. The summed E-state index contributed by atoms with van der Waals surface area (Å²) in [6.07, 6.45) is 1.62. The molecule has 1 heterocycles. The summed E-state index contributed by atoms with van der Waals surface area (Å²) in [6.45, 7) is 3.04. The smallest absolute Gasteiger partial charge is 0.251 e. The third kappa shape index (κ3) is 3.23. The van der Waals surface area contributed by atoms with Crippen LogP contribution in [0.25, 0.3) is 0 Å². The van der Waals surface area contributed by atoms with Crippen molar-refractivity contribution < 1.29 is 4.79 Å². The van der Waals surface area contributed by atoms with E-state index in [0.29, 0.717) is 28.6 Å². The maximum atomic E-state index is 12.0. The molecule has 2 aromatic rings. The number of rotatable bonds is 4. The van der Waals surface area contributed by atoms with Crippen molar-refractivity contribution in [1.29, 1.82) is 0 Å². The van der Waals surface area contributed by atoms with Crippen LogP contribution < -0.4 is 11.1 Å². The second-order valence-electron chi connectivity index (χ2n) is 3.99. The van der Waals surface area contributed by atoms with Crippen molar-refractivity contribution in [2.75, 3.05) is 5.73 Å². The number of hydrogen-bond donors (Lipinski definition) is 2. The minimum absolute atomic E-state index is 0.250. The lowest BCUT2D eigenvalue weighted by atomic mass is 10.2. The van der Waals surface area contributed by atoms with Gasteiger partial charge in [-0.25, -0.2) is 0 Å². The number of nitrogens with zero attached hydrogens (tertiary/aromatic N) is 3. The van der Waals surface area contributed by atoms with Crippen LogP contribution in [0, 0.1) is 0 Å². The first kappa shape index (κ1) is 13.4. The lowest BCUT2D eigenvalue weighted by Gasteiger charge is -2.07. The number of nitrogens with two attached hydrogens (primary N) is 1. The Morgan fingerprint density at radius 1 is 1.47 bits per heavy atom. The number of hydrogen-bond acceptors (Lipinski definition) is 4. The molecule has 1 aromatic carbocycles. The van der Waals surface area contributed by atoms with Gasteiger partial charge < -0.3 is 15.6 Å². The molecule has 0 unspecified atom stereocenters. The lowest BCUT2D eigenvalue weighted by Crippen LogP contribution is -2.24. The molecule has 3 N–H and O–H groups in total. The first-order valence-corrected chi connectivity index (χ1v) is 6.19. The van der Waals surface area contributed by atoms with E-state index in [0.717, 1.165) is 6.54 Å². The molecule has 6 nitrogen and oxygen atoms in total. The molecule has 0 radical (unpaired) electrons. The molecule has 0 spiro atoms. The molecular formula is C12H14ClN5O. The van der Waals surface area contributed by atoms with Crippen LogP contribution in [-0.4, -0.2) is 20.7 Å². The van der Waals surface area contributed by atoms with Crippen molar-refractivity contribution in [2.45, 2.75) is 20.0 Å². The predicted molar refractivity (Wildman–Crippen MR) is 72.7 cm³/mol. The molecule has 0 aliphatic rings. The molecule has 0 fully saturated rings. The van der Waals surface area contributed by atoms with Gasteiger partial charge in [-0.2, -0.15) is 0 Å². The summed E-state index contributed by atoms with van der Waals surface area (Å²) >= 11 is 5.86. The SMILES string of the molecule is CCn1cnnc1CNC(=O)c1cc(N)cc(Cl)c1. The van der Waals surface area contributed by atoms with E-state index in [-0.39, 0.29) is 5.91 Å². The van der Waals surface area contributed by atoms with Gasteiger partial charge in [0, 0.05) is 22.8 Å². The average Bonchev–Trinajstić information content (AvgIpc) is 2.82. The third-order valence-electron chi connectivity index (χ3n) is 2.63. The number of benzene rings is 1. The van der Waals surface area contributed by atoms with E-state index in [9.17, 15) is 4.79 Å². The zero-order valence-corrected chi connectivity index (χ0v) is 11.2. The van der Waals surface area contributed by atoms with Crippen molar-refractivity contribution in [2.24, 2.45) is 0 Å². The number of carbonyl (C=O) groups excluding carboxylic acids is 1. The zero-order chi connectivity index (χ0) is 13.8. The van der Waals surface area contributed by atoms with Gasteiger partial charge in [0.25, 0.3) is 5.91 Å². The fourth-order valence-corrected chi connectivity index (χ4v) is 1.93. The highest BCUT2D eigenvalue weighted by atomic mass is 35.5. The van der Waals surface area contributed by atoms with E-state index in [4.69, 9.17) is 17.3 Å². The topological polar surface area (TPSA) is 85.8 Å². The molecule has 2 rings (SSSR count). The molecule has 0 saturated carbocycles. The van der Waals surface area contributed by atoms with Gasteiger partial charge in [-0.1, -0.05) is 11.6 Å². The summed E-state index contributed by atoms with van der Waals surface area (Å²) in [5.41, 5.74) is 6.52. The van der Waals surface area contributed by atoms with Crippen LogP contribution in [0.4, 0.5) is 5.69 Å². The van der Waals surface area contributed by atoms with E-state index in [2.05, 4.69) is 15.5 Å². The number of halogens is 1. The van der Waals surface area contributed by atoms with Crippen LogP contribution in [-0.2, 0) is 13.1 Å². The number of anilines is 1. The monoisotopic (exact) mass is 279 g/mol. The van der Waals surface area contributed by atoms with Gasteiger partial charge in [-0.15, -0.1) is 10.2 Å². The van der Waals surface area contributed by atoms with Crippen LogP contribution in [0.2, 0.25) is 5.02 Å². The van der Waals surface area contributed by atoms with E-state index < -0.39 is 0 Å². The molecule has 0 bridgehead atoms. The van der Waals surface area contributed by atoms with E-state index in [1.165, 1.54) is 0 Å². The van der Waals surface area contributed by atoms with Gasteiger partial charge in [0.05, 0.1) is 6.54 Å². The largest absolute Gasteiger partial charge is 0.399 e. The van der Waals surface area contributed by atoms with E-state index in [1.54, 1.807) is 24.5 Å². The predicted octanol–water partition coefficient (Wildman–Crippen LogP) is 1.46. The maximum absolute atomic E-state index is 12.0. The van der Waals surface area contributed by atoms with Gasteiger partial charge in [-0.3, -0.25) is 4.79 Å². The quantitative estimate of drug-likeness (QED) is 0.830. The second kappa shape index (κ2) is 5.71. The highest BCUT2D eigenvalue weighted by molar-refractivity contribution is 6.31. The number of nitrogen functional groups attached to an aromatic ring is 1. The van der Waals surface area contributed by atoms with Crippen LogP contribution in [0.3, 0.4) is 0 Å². The van der Waals surface area contributed by atoms with Crippen molar-refractivity contribution in [3.05, 3.63) is 40.9 Å². The Morgan fingerprint density at radius 3 is 2.95 bits per heavy atom. The number of aromatic nitrogens is 3. The van der Waals surface area contributed by atoms with Crippen molar-refractivity contribution in [3.8, 4) is 0 Å². The average molecular weight is 280 g/mol. The van der Waals surface area contributed by atoms with Gasteiger partial charge in [0.15, 0.2) is 5.82 Å². The highest BCUT2D eigenvalue weighted by Gasteiger charge is 2.09. The summed E-state index contributed by atoms with van der Waals surface area (Å²) in [5.74, 6) is 0.450. The highest BCUT2D eigenvalue weighted by Crippen LogP contribution is 2.16. The Labute approximate surface area is 115 Å². The summed E-state index contributed by atoms with van der Waals surface area (Å²) in [4.78, 5) is 12.0. The van der Waals surface area contributed by atoms with Crippen molar-refractivity contribution in [1.82, 2.24) is 20.1 Å². The molecular weight excluding hydrogens is 266 g/mol. The summed E-state index contributed by atoms with van der Waals surface area (Å²) < 4.78 is 1.85. The first-order chi connectivity index (χ1) is 9.10. The van der Waals surface area contributed by atoms with Gasteiger partial charge in [-0.05, 0) is 25.1 Å². The summed E-state index contributed by atoms with van der Waals surface area (Å²) in [6, 6.07) is 4.73. The van der Waals surface area contributed by atoms with E-state index in [1.807, 2.05) is 11.5 Å². The number of aryl methyl sites for hydroxylation is 1.